The van der Waals surface area contributed by atoms with Gasteiger partial charge in [0.05, 0.1) is 26.1 Å². The number of allylic oxidation sites excluding steroid dienone is 2. The van der Waals surface area contributed by atoms with Crippen molar-refractivity contribution in [3.8, 4) is 5.75 Å². The second-order valence-electron chi connectivity index (χ2n) is 4.06. The Balaban J connectivity index is 2.86. The lowest BCUT2D eigenvalue weighted by atomic mass is 10.1. The second-order valence-corrected chi connectivity index (χ2v) is 4.06. The van der Waals surface area contributed by atoms with Crippen molar-refractivity contribution >= 4 is 12.0 Å². The Bertz CT molecular complexity index is 553. The number of hydrogen-bond acceptors (Lipinski definition) is 3. The zero-order chi connectivity index (χ0) is 15.0. The highest BCUT2D eigenvalue weighted by molar-refractivity contribution is 5.91. The van der Waals surface area contributed by atoms with Crippen molar-refractivity contribution in [3.63, 3.8) is 0 Å². The van der Waals surface area contributed by atoms with Gasteiger partial charge in [0.1, 0.15) is 5.75 Å². The number of carboxylic acid groups (broad SMARTS) is 1. The van der Waals surface area contributed by atoms with E-state index in [0.717, 1.165) is 11.3 Å². The average molecular weight is 274 g/mol. The van der Waals surface area contributed by atoms with Gasteiger partial charge in [-0.3, -0.25) is 0 Å². The van der Waals surface area contributed by atoms with Crippen molar-refractivity contribution in [2.75, 3.05) is 14.2 Å². The largest absolute Gasteiger partial charge is 0.503 e. The molecule has 1 N–H and O–H groups in total. The zero-order valence-electron chi connectivity index (χ0n) is 11.8. The molecule has 0 radical (unpaired) electrons. The van der Waals surface area contributed by atoms with Crippen LogP contribution in [0.15, 0.2) is 53.8 Å². The molecule has 0 aliphatic rings. The van der Waals surface area contributed by atoms with E-state index in [1.807, 2.05) is 30.3 Å². The van der Waals surface area contributed by atoms with E-state index in [1.54, 1.807) is 26.2 Å². The summed E-state index contributed by atoms with van der Waals surface area (Å²) in [6, 6.07) is 7.58. The minimum atomic E-state index is -1.02. The molecule has 0 unspecified atom stereocenters. The van der Waals surface area contributed by atoms with E-state index in [1.165, 1.54) is 13.4 Å². The van der Waals surface area contributed by atoms with Gasteiger partial charge in [0.25, 0.3) is 0 Å². The maximum Gasteiger partial charge on any atom is 0.339 e. The van der Waals surface area contributed by atoms with Crippen LogP contribution < -0.4 is 4.74 Å². The summed E-state index contributed by atoms with van der Waals surface area (Å²) in [6.07, 6.45) is 6.60. The molecule has 0 aliphatic heterocycles. The van der Waals surface area contributed by atoms with Crippen LogP contribution in [0.4, 0.5) is 0 Å². The van der Waals surface area contributed by atoms with E-state index in [-0.39, 0.29) is 5.57 Å². The Hall–Kier alpha value is -2.49. The van der Waals surface area contributed by atoms with Crippen LogP contribution in [-0.4, -0.2) is 25.3 Å². The van der Waals surface area contributed by atoms with Crippen LogP contribution in [0.3, 0.4) is 0 Å². The Morgan fingerprint density at radius 1 is 1.30 bits per heavy atom. The predicted octanol–water partition coefficient (Wildman–Crippen LogP) is 3.27. The first-order valence-corrected chi connectivity index (χ1v) is 6.04. The third-order valence-corrected chi connectivity index (χ3v) is 2.62. The number of rotatable bonds is 6. The molecule has 0 heterocycles. The number of aliphatic carboxylic acids is 1. The first kappa shape index (κ1) is 15.6. The highest BCUT2D eigenvalue weighted by Crippen LogP contribution is 2.14. The van der Waals surface area contributed by atoms with E-state index >= 15 is 0 Å². The molecular formula is C16H18O4. The molecule has 106 valence electrons. The summed E-state index contributed by atoms with van der Waals surface area (Å²) < 4.78 is 9.89. The monoisotopic (exact) mass is 274 g/mol. The number of carboxylic acids is 1. The van der Waals surface area contributed by atoms with Crippen LogP contribution in [-0.2, 0) is 9.53 Å². The first-order chi connectivity index (χ1) is 9.58. The summed E-state index contributed by atoms with van der Waals surface area (Å²) in [6.45, 7) is 1.72. The lowest BCUT2D eigenvalue weighted by Crippen LogP contribution is -2.02. The zero-order valence-corrected chi connectivity index (χ0v) is 11.8. The van der Waals surface area contributed by atoms with Gasteiger partial charge in [0, 0.05) is 0 Å². The fourth-order valence-electron chi connectivity index (χ4n) is 1.57. The van der Waals surface area contributed by atoms with Crippen LogP contribution in [0.5, 0.6) is 5.75 Å². The van der Waals surface area contributed by atoms with Gasteiger partial charge in [-0.1, -0.05) is 30.4 Å². The first-order valence-electron chi connectivity index (χ1n) is 6.04. The average Bonchev–Trinajstić information content (AvgIpc) is 2.44. The van der Waals surface area contributed by atoms with Gasteiger partial charge < -0.3 is 14.6 Å². The molecule has 0 bridgehead atoms. The van der Waals surface area contributed by atoms with E-state index in [2.05, 4.69) is 0 Å². The van der Waals surface area contributed by atoms with Gasteiger partial charge in [-0.15, -0.1) is 0 Å². The Labute approximate surface area is 118 Å². The van der Waals surface area contributed by atoms with Crippen molar-refractivity contribution in [1.82, 2.24) is 0 Å². The van der Waals surface area contributed by atoms with E-state index in [4.69, 9.17) is 14.6 Å². The molecule has 20 heavy (non-hydrogen) atoms. The highest BCUT2D eigenvalue weighted by Gasteiger charge is 2.08. The van der Waals surface area contributed by atoms with Crippen LogP contribution in [0.25, 0.3) is 6.08 Å². The number of carbonyl (C=O) groups is 1. The minimum Gasteiger partial charge on any atom is -0.503 e. The molecule has 0 amide bonds. The Morgan fingerprint density at radius 3 is 2.65 bits per heavy atom. The summed E-state index contributed by atoms with van der Waals surface area (Å²) in [5.74, 6) is -0.242. The van der Waals surface area contributed by atoms with Crippen molar-refractivity contribution in [2.24, 2.45) is 0 Å². The second kappa shape index (κ2) is 7.84. The number of hydrogen-bond donors (Lipinski definition) is 1. The van der Waals surface area contributed by atoms with Gasteiger partial charge in [0.2, 0.25) is 0 Å². The number of benzene rings is 1. The molecule has 0 aliphatic carbocycles. The van der Waals surface area contributed by atoms with Crippen molar-refractivity contribution < 1.29 is 19.4 Å². The van der Waals surface area contributed by atoms with Crippen molar-refractivity contribution in [3.05, 3.63) is 59.4 Å². The van der Waals surface area contributed by atoms with E-state index < -0.39 is 5.97 Å². The fourth-order valence-corrected chi connectivity index (χ4v) is 1.57. The molecule has 0 spiro atoms. The smallest absolute Gasteiger partial charge is 0.339 e. The Morgan fingerprint density at radius 2 is 2.05 bits per heavy atom. The standard InChI is InChI=1S/C16H18O4/c1-12(15(11-19-2)16(17)18)6-4-7-13-8-5-9-14(10-13)20-3/h4-11H,1-3H3,(H,17,18)/b7-4+,12-6+,15-11+. The lowest BCUT2D eigenvalue weighted by molar-refractivity contribution is -0.132. The highest BCUT2D eigenvalue weighted by atomic mass is 16.5. The molecule has 0 saturated heterocycles. The summed E-state index contributed by atoms with van der Waals surface area (Å²) in [5, 5.41) is 9.03. The van der Waals surface area contributed by atoms with E-state index in [9.17, 15) is 4.79 Å². The third-order valence-electron chi connectivity index (χ3n) is 2.62. The molecule has 1 rings (SSSR count). The summed E-state index contributed by atoms with van der Waals surface area (Å²) in [4.78, 5) is 11.0. The molecule has 0 atom stereocenters. The van der Waals surface area contributed by atoms with Crippen LogP contribution in [0.1, 0.15) is 12.5 Å². The van der Waals surface area contributed by atoms with Crippen molar-refractivity contribution in [2.45, 2.75) is 6.92 Å². The maximum atomic E-state index is 11.0. The van der Waals surface area contributed by atoms with Gasteiger partial charge in [0.15, 0.2) is 0 Å². The molecule has 1 aromatic rings. The fraction of sp³-hybridized carbons (Fsp3) is 0.188. The summed E-state index contributed by atoms with van der Waals surface area (Å²) >= 11 is 0. The van der Waals surface area contributed by atoms with Crippen LogP contribution >= 0.6 is 0 Å². The quantitative estimate of drug-likeness (QED) is 0.491. The molecule has 0 aromatic heterocycles. The lowest BCUT2D eigenvalue weighted by Gasteiger charge is -2.01. The predicted molar refractivity (Wildman–Crippen MR) is 78.5 cm³/mol. The third kappa shape index (κ3) is 4.65. The topological polar surface area (TPSA) is 55.8 Å². The van der Waals surface area contributed by atoms with Gasteiger partial charge in [-0.05, 0) is 30.2 Å². The number of methoxy groups -OCH3 is 2. The maximum absolute atomic E-state index is 11.0. The minimum absolute atomic E-state index is 0.128. The van der Waals surface area contributed by atoms with Gasteiger partial charge in [-0.2, -0.15) is 0 Å². The summed E-state index contributed by atoms with van der Waals surface area (Å²) in [7, 11) is 3.03. The Kier molecular flexibility index (Phi) is 6.10. The molecule has 4 nitrogen and oxygen atoms in total. The van der Waals surface area contributed by atoms with Gasteiger partial charge >= 0.3 is 5.97 Å². The molecule has 4 heteroatoms. The summed E-state index contributed by atoms with van der Waals surface area (Å²) in [5.41, 5.74) is 1.71. The normalized spacial score (nSPS) is 12.6. The molecule has 0 fully saturated rings. The molecular weight excluding hydrogens is 256 g/mol. The molecule has 1 aromatic carbocycles. The SMILES string of the molecule is CO\C=C(C(=O)O)/C(C)=C/C=C/c1cccc(OC)c1. The van der Waals surface area contributed by atoms with Crippen LogP contribution in [0, 0.1) is 0 Å². The van der Waals surface area contributed by atoms with E-state index in [0.29, 0.717) is 5.57 Å². The molecule has 0 saturated carbocycles. The van der Waals surface area contributed by atoms with Crippen LogP contribution in [0.2, 0.25) is 0 Å². The van der Waals surface area contributed by atoms with Crippen molar-refractivity contribution in [1.29, 1.82) is 0 Å². The number of ether oxygens (including phenoxy) is 2. The van der Waals surface area contributed by atoms with Gasteiger partial charge in [-0.25, -0.2) is 4.79 Å².